The number of hydrogen-bond donors (Lipinski definition) is 1. The molecule has 1 fully saturated rings. The molecule has 0 bridgehead atoms. The van der Waals surface area contributed by atoms with Gasteiger partial charge in [-0.05, 0) is 44.5 Å². The fourth-order valence-corrected chi connectivity index (χ4v) is 5.02. The first-order valence-electron chi connectivity index (χ1n) is 9.32. The molecule has 142 valence electrons. The Morgan fingerprint density at radius 3 is 2.56 bits per heavy atom. The SMILES string of the molecule is Cc1[nH]c2c(C(=O)N3CCN(C(C)c4ccc(Cl)s4)CC3)cccc2c1C. The van der Waals surface area contributed by atoms with Crippen LogP contribution < -0.4 is 0 Å². The van der Waals surface area contributed by atoms with Gasteiger partial charge in [-0.2, -0.15) is 0 Å². The van der Waals surface area contributed by atoms with Crippen LogP contribution in [0.1, 0.15) is 39.5 Å². The van der Waals surface area contributed by atoms with Gasteiger partial charge in [-0.3, -0.25) is 9.69 Å². The summed E-state index contributed by atoms with van der Waals surface area (Å²) in [6.07, 6.45) is 0. The Kier molecular flexibility index (Phi) is 5.01. The van der Waals surface area contributed by atoms with Gasteiger partial charge in [-0.1, -0.05) is 23.7 Å². The number of benzene rings is 1. The van der Waals surface area contributed by atoms with Gasteiger partial charge in [0.2, 0.25) is 0 Å². The number of halogens is 1. The number of para-hydroxylation sites is 1. The second-order valence-corrected chi connectivity index (χ2v) is 9.00. The molecule has 1 unspecified atom stereocenters. The smallest absolute Gasteiger partial charge is 0.256 e. The highest BCUT2D eigenvalue weighted by Gasteiger charge is 2.27. The van der Waals surface area contributed by atoms with Gasteiger partial charge in [0.25, 0.3) is 5.91 Å². The number of amides is 1. The number of piperazine rings is 1. The van der Waals surface area contributed by atoms with Crippen LogP contribution in [0, 0.1) is 13.8 Å². The Morgan fingerprint density at radius 1 is 1.15 bits per heavy atom. The number of aromatic nitrogens is 1. The highest BCUT2D eigenvalue weighted by atomic mass is 35.5. The van der Waals surface area contributed by atoms with Gasteiger partial charge in [0.15, 0.2) is 0 Å². The minimum absolute atomic E-state index is 0.119. The van der Waals surface area contributed by atoms with Crippen LogP contribution in [0.3, 0.4) is 0 Å². The maximum Gasteiger partial charge on any atom is 0.256 e. The number of nitrogens with one attached hydrogen (secondary N) is 1. The van der Waals surface area contributed by atoms with Gasteiger partial charge in [0, 0.05) is 48.2 Å². The number of hydrogen-bond acceptors (Lipinski definition) is 3. The zero-order valence-electron chi connectivity index (χ0n) is 15.9. The van der Waals surface area contributed by atoms with Gasteiger partial charge in [0.05, 0.1) is 15.4 Å². The molecule has 1 aliphatic rings. The number of aryl methyl sites for hydroxylation is 2. The summed E-state index contributed by atoms with van der Waals surface area (Å²) in [5.74, 6) is 0.119. The molecule has 1 aromatic carbocycles. The molecule has 0 saturated carbocycles. The van der Waals surface area contributed by atoms with Crippen molar-refractivity contribution in [2.75, 3.05) is 26.2 Å². The van der Waals surface area contributed by atoms with Gasteiger partial charge in [-0.25, -0.2) is 0 Å². The van der Waals surface area contributed by atoms with Crippen LogP contribution in [-0.4, -0.2) is 46.9 Å². The first kappa shape index (κ1) is 18.5. The Hall–Kier alpha value is -1.82. The molecule has 1 aliphatic heterocycles. The van der Waals surface area contributed by atoms with Crippen molar-refractivity contribution in [1.82, 2.24) is 14.8 Å². The number of thiophene rings is 1. The normalized spacial score (nSPS) is 16.8. The second-order valence-electron chi connectivity index (χ2n) is 7.25. The number of H-pyrrole nitrogens is 1. The van der Waals surface area contributed by atoms with E-state index in [0.717, 1.165) is 52.7 Å². The fourth-order valence-electron chi connectivity index (χ4n) is 3.88. The van der Waals surface area contributed by atoms with Crippen molar-refractivity contribution in [3.05, 3.63) is 56.4 Å². The van der Waals surface area contributed by atoms with E-state index >= 15 is 0 Å². The molecule has 0 aliphatic carbocycles. The van der Waals surface area contributed by atoms with E-state index in [1.54, 1.807) is 11.3 Å². The Balaban J connectivity index is 1.48. The van der Waals surface area contributed by atoms with Crippen LogP contribution in [0.2, 0.25) is 4.34 Å². The third kappa shape index (κ3) is 3.40. The molecule has 0 radical (unpaired) electrons. The summed E-state index contributed by atoms with van der Waals surface area (Å²) in [6.45, 7) is 9.61. The third-order valence-electron chi connectivity index (χ3n) is 5.73. The lowest BCUT2D eigenvalue weighted by Crippen LogP contribution is -2.49. The molecular formula is C21H24ClN3OS. The van der Waals surface area contributed by atoms with Gasteiger partial charge in [-0.15, -0.1) is 11.3 Å². The molecule has 1 N–H and O–H groups in total. The van der Waals surface area contributed by atoms with Crippen LogP contribution in [0.25, 0.3) is 10.9 Å². The van der Waals surface area contributed by atoms with Crippen molar-refractivity contribution in [3.63, 3.8) is 0 Å². The lowest BCUT2D eigenvalue weighted by molar-refractivity contribution is 0.0586. The highest BCUT2D eigenvalue weighted by Crippen LogP contribution is 2.31. The van der Waals surface area contributed by atoms with E-state index in [9.17, 15) is 4.79 Å². The number of fused-ring (bicyclic) bond motifs is 1. The van der Waals surface area contributed by atoms with Crippen molar-refractivity contribution in [1.29, 1.82) is 0 Å². The molecule has 2 aromatic heterocycles. The summed E-state index contributed by atoms with van der Waals surface area (Å²) in [5, 5.41) is 1.14. The summed E-state index contributed by atoms with van der Waals surface area (Å²) in [5.41, 5.74) is 4.07. The van der Waals surface area contributed by atoms with E-state index < -0.39 is 0 Å². The molecule has 1 amide bonds. The van der Waals surface area contributed by atoms with Crippen molar-refractivity contribution in [2.45, 2.75) is 26.8 Å². The third-order valence-corrected chi connectivity index (χ3v) is 7.13. The van der Waals surface area contributed by atoms with E-state index in [4.69, 9.17) is 11.6 Å². The van der Waals surface area contributed by atoms with Crippen molar-refractivity contribution in [3.8, 4) is 0 Å². The van der Waals surface area contributed by atoms with Crippen molar-refractivity contribution >= 4 is 39.7 Å². The standard InChI is InChI=1S/C21H24ClN3OS/c1-13-14(2)23-20-16(13)5-4-6-17(20)21(26)25-11-9-24(10-12-25)15(3)18-7-8-19(22)27-18/h4-8,15,23H,9-12H2,1-3H3. The maximum absolute atomic E-state index is 13.2. The summed E-state index contributed by atoms with van der Waals surface area (Å²) in [7, 11) is 0. The number of aromatic amines is 1. The Labute approximate surface area is 168 Å². The fraction of sp³-hybridized carbons (Fsp3) is 0.381. The predicted molar refractivity (Wildman–Crippen MR) is 113 cm³/mol. The lowest BCUT2D eigenvalue weighted by atomic mass is 10.1. The molecule has 6 heteroatoms. The summed E-state index contributed by atoms with van der Waals surface area (Å²) in [6, 6.07) is 10.4. The predicted octanol–water partition coefficient (Wildman–Crippen LogP) is 5.02. The molecular weight excluding hydrogens is 378 g/mol. The average Bonchev–Trinajstić information content (AvgIpc) is 3.24. The lowest BCUT2D eigenvalue weighted by Gasteiger charge is -2.37. The van der Waals surface area contributed by atoms with Crippen molar-refractivity contribution in [2.24, 2.45) is 0 Å². The average molecular weight is 402 g/mol. The largest absolute Gasteiger partial charge is 0.358 e. The van der Waals surface area contributed by atoms with E-state index in [1.807, 2.05) is 23.1 Å². The minimum atomic E-state index is 0.119. The van der Waals surface area contributed by atoms with E-state index in [2.05, 4.69) is 42.8 Å². The minimum Gasteiger partial charge on any atom is -0.358 e. The Bertz CT molecular complexity index is 985. The van der Waals surface area contributed by atoms with Crippen LogP contribution >= 0.6 is 22.9 Å². The molecule has 3 heterocycles. The first-order valence-corrected chi connectivity index (χ1v) is 10.5. The van der Waals surface area contributed by atoms with Crippen LogP contribution in [-0.2, 0) is 0 Å². The van der Waals surface area contributed by atoms with Crippen LogP contribution in [0.5, 0.6) is 0 Å². The maximum atomic E-state index is 13.2. The number of nitrogens with zero attached hydrogens (tertiary/aromatic N) is 2. The first-order chi connectivity index (χ1) is 13.0. The van der Waals surface area contributed by atoms with Gasteiger partial charge in [0.1, 0.15) is 0 Å². The van der Waals surface area contributed by atoms with Crippen LogP contribution in [0.15, 0.2) is 30.3 Å². The zero-order chi connectivity index (χ0) is 19.1. The Morgan fingerprint density at radius 2 is 1.89 bits per heavy atom. The number of carbonyl (C=O) groups excluding carboxylic acids is 1. The van der Waals surface area contributed by atoms with E-state index in [1.165, 1.54) is 10.4 Å². The zero-order valence-corrected chi connectivity index (χ0v) is 17.5. The number of carbonyl (C=O) groups is 1. The second kappa shape index (κ2) is 7.30. The quantitative estimate of drug-likeness (QED) is 0.669. The van der Waals surface area contributed by atoms with Crippen LogP contribution in [0.4, 0.5) is 0 Å². The molecule has 27 heavy (non-hydrogen) atoms. The summed E-state index contributed by atoms with van der Waals surface area (Å²) < 4.78 is 0.829. The molecule has 4 rings (SSSR count). The van der Waals surface area contributed by atoms with E-state index in [0.29, 0.717) is 6.04 Å². The molecule has 1 saturated heterocycles. The van der Waals surface area contributed by atoms with E-state index in [-0.39, 0.29) is 5.91 Å². The molecule has 3 aromatic rings. The molecule has 4 nitrogen and oxygen atoms in total. The highest BCUT2D eigenvalue weighted by molar-refractivity contribution is 7.16. The summed E-state index contributed by atoms with van der Waals surface area (Å²) in [4.78, 5) is 22.2. The van der Waals surface area contributed by atoms with Crippen molar-refractivity contribution < 1.29 is 4.79 Å². The monoisotopic (exact) mass is 401 g/mol. The topological polar surface area (TPSA) is 39.3 Å². The van der Waals surface area contributed by atoms with Gasteiger partial charge < -0.3 is 9.88 Å². The van der Waals surface area contributed by atoms with Gasteiger partial charge >= 0.3 is 0 Å². The summed E-state index contributed by atoms with van der Waals surface area (Å²) >= 11 is 7.72. The number of rotatable bonds is 3. The molecule has 1 atom stereocenters. The molecule has 0 spiro atoms.